The van der Waals surface area contributed by atoms with Crippen LogP contribution in [0.4, 0.5) is 0 Å². The Balaban J connectivity index is 2.07. The van der Waals surface area contributed by atoms with Crippen LogP contribution in [0, 0.1) is 0 Å². The van der Waals surface area contributed by atoms with Crippen molar-refractivity contribution in [3.8, 4) is 0 Å². The second kappa shape index (κ2) is 4.12. The molecule has 0 bridgehead atoms. The first-order valence-corrected chi connectivity index (χ1v) is 4.75. The highest BCUT2D eigenvalue weighted by Gasteiger charge is 2.19. The third kappa shape index (κ3) is 1.97. The number of ether oxygens (including phenoxy) is 1. The van der Waals surface area contributed by atoms with Crippen LogP contribution in [0.5, 0.6) is 0 Å². The number of hydrogen-bond acceptors (Lipinski definition) is 4. The van der Waals surface area contributed by atoms with Crippen LogP contribution in [0.2, 0.25) is 0 Å². The van der Waals surface area contributed by atoms with Crippen LogP contribution < -0.4 is 5.46 Å². The summed E-state index contributed by atoms with van der Waals surface area (Å²) in [5, 5.41) is 21.9. The van der Waals surface area contributed by atoms with Crippen molar-refractivity contribution in [2.75, 3.05) is 13.2 Å². The molecule has 2 rings (SSSR count). The zero-order chi connectivity index (χ0) is 9.97. The van der Waals surface area contributed by atoms with E-state index in [4.69, 9.17) is 14.8 Å². The molecule has 2 heterocycles. The Bertz CT molecular complexity index is 297. The monoisotopic (exact) mass is 196 g/mol. The Labute approximate surface area is 82.5 Å². The van der Waals surface area contributed by atoms with Crippen LogP contribution in [-0.4, -0.2) is 40.2 Å². The molecule has 2 N–H and O–H groups in total. The molecule has 5 nitrogen and oxygen atoms in total. The van der Waals surface area contributed by atoms with E-state index in [0.717, 1.165) is 19.4 Å². The fourth-order valence-corrected chi connectivity index (χ4v) is 1.62. The van der Waals surface area contributed by atoms with Crippen molar-refractivity contribution in [1.29, 1.82) is 0 Å². The van der Waals surface area contributed by atoms with Gasteiger partial charge in [-0.05, 0) is 12.8 Å². The van der Waals surface area contributed by atoms with E-state index in [1.165, 1.54) is 6.20 Å². The van der Waals surface area contributed by atoms with Gasteiger partial charge in [-0.15, -0.1) is 0 Å². The lowest BCUT2D eigenvalue weighted by Crippen LogP contribution is -2.29. The molecule has 1 atom stereocenters. The van der Waals surface area contributed by atoms with Gasteiger partial charge in [0.05, 0.1) is 12.6 Å². The predicted octanol–water partition coefficient (Wildman–Crippen LogP) is -1.09. The predicted molar refractivity (Wildman–Crippen MR) is 51.1 cm³/mol. The topological polar surface area (TPSA) is 67.5 Å². The third-order valence-corrected chi connectivity index (χ3v) is 2.43. The van der Waals surface area contributed by atoms with Gasteiger partial charge >= 0.3 is 7.12 Å². The molecule has 14 heavy (non-hydrogen) atoms. The molecule has 1 fully saturated rings. The summed E-state index contributed by atoms with van der Waals surface area (Å²) in [5.41, 5.74) is 0.426. The quantitative estimate of drug-likeness (QED) is 0.590. The van der Waals surface area contributed by atoms with E-state index in [0.29, 0.717) is 12.1 Å². The Hall–Kier alpha value is -0.845. The van der Waals surface area contributed by atoms with Crippen LogP contribution in [0.25, 0.3) is 0 Å². The number of rotatable bonds is 2. The highest BCUT2D eigenvalue weighted by atomic mass is 16.5. The molecule has 0 aromatic carbocycles. The normalized spacial score (nSPS) is 22.3. The minimum absolute atomic E-state index is 0.233. The summed E-state index contributed by atoms with van der Waals surface area (Å²) in [5.74, 6) is 0. The van der Waals surface area contributed by atoms with E-state index in [9.17, 15) is 0 Å². The lowest BCUT2D eigenvalue weighted by Gasteiger charge is -2.22. The van der Waals surface area contributed by atoms with Gasteiger partial charge in [-0.2, -0.15) is 5.10 Å². The van der Waals surface area contributed by atoms with Gasteiger partial charge in [-0.1, -0.05) is 0 Å². The summed E-state index contributed by atoms with van der Waals surface area (Å²) in [6.07, 6.45) is 5.19. The minimum Gasteiger partial charge on any atom is -0.423 e. The van der Waals surface area contributed by atoms with Crippen molar-refractivity contribution in [3.63, 3.8) is 0 Å². The molecular formula is C8H13BN2O3. The molecule has 1 unspecified atom stereocenters. The van der Waals surface area contributed by atoms with Crippen molar-refractivity contribution in [1.82, 2.24) is 9.78 Å². The maximum atomic E-state index is 8.91. The highest BCUT2D eigenvalue weighted by molar-refractivity contribution is 6.58. The SMILES string of the molecule is OB(O)c1cnn(C2CCCOC2)c1. The molecule has 1 aliphatic rings. The van der Waals surface area contributed by atoms with E-state index in [2.05, 4.69) is 5.10 Å². The third-order valence-electron chi connectivity index (χ3n) is 2.43. The number of aromatic nitrogens is 2. The van der Waals surface area contributed by atoms with Crippen LogP contribution in [0.3, 0.4) is 0 Å². The van der Waals surface area contributed by atoms with Gasteiger partial charge in [0.2, 0.25) is 0 Å². The maximum Gasteiger partial charge on any atom is 0.491 e. The number of hydrogen-bond donors (Lipinski definition) is 2. The first-order valence-electron chi connectivity index (χ1n) is 4.75. The Morgan fingerprint density at radius 2 is 2.43 bits per heavy atom. The summed E-state index contributed by atoms with van der Waals surface area (Å²) < 4.78 is 7.06. The van der Waals surface area contributed by atoms with Gasteiger partial charge < -0.3 is 14.8 Å². The summed E-state index contributed by atoms with van der Waals surface area (Å²) >= 11 is 0. The van der Waals surface area contributed by atoms with Crippen LogP contribution in [0.15, 0.2) is 12.4 Å². The zero-order valence-corrected chi connectivity index (χ0v) is 7.83. The second-order valence-corrected chi connectivity index (χ2v) is 3.50. The van der Waals surface area contributed by atoms with E-state index in [1.54, 1.807) is 10.9 Å². The smallest absolute Gasteiger partial charge is 0.423 e. The summed E-state index contributed by atoms with van der Waals surface area (Å²) in [6, 6.07) is 0.233. The van der Waals surface area contributed by atoms with Gasteiger partial charge in [0.15, 0.2) is 0 Å². The molecule has 76 valence electrons. The van der Waals surface area contributed by atoms with Gasteiger partial charge in [-0.3, -0.25) is 4.68 Å². The summed E-state index contributed by atoms with van der Waals surface area (Å²) in [4.78, 5) is 0. The van der Waals surface area contributed by atoms with E-state index in [-0.39, 0.29) is 6.04 Å². The van der Waals surface area contributed by atoms with Gasteiger partial charge in [-0.25, -0.2) is 0 Å². The largest absolute Gasteiger partial charge is 0.491 e. The second-order valence-electron chi connectivity index (χ2n) is 3.50. The van der Waals surface area contributed by atoms with Crippen molar-refractivity contribution >= 4 is 12.6 Å². The highest BCUT2D eigenvalue weighted by Crippen LogP contribution is 2.17. The fourth-order valence-electron chi connectivity index (χ4n) is 1.62. The first-order chi connectivity index (χ1) is 6.77. The van der Waals surface area contributed by atoms with Crippen LogP contribution in [-0.2, 0) is 4.74 Å². The molecule has 0 aliphatic carbocycles. The van der Waals surface area contributed by atoms with E-state index >= 15 is 0 Å². The molecule has 0 spiro atoms. The summed E-state index contributed by atoms with van der Waals surface area (Å²) in [7, 11) is -1.44. The first kappa shape index (κ1) is 9.70. The maximum absolute atomic E-state index is 8.91. The fraction of sp³-hybridized carbons (Fsp3) is 0.625. The molecule has 1 saturated heterocycles. The number of nitrogens with zero attached hydrogens (tertiary/aromatic N) is 2. The Kier molecular flexibility index (Phi) is 2.86. The molecule has 1 aromatic heterocycles. The van der Waals surface area contributed by atoms with Crippen molar-refractivity contribution < 1.29 is 14.8 Å². The van der Waals surface area contributed by atoms with Crippen LogP contribution >= 0.6 is 0 Å². The molecule has 1 aliphatic heterocycles. The van der Waals surface area contributed by atoms with Crippen molar-refractivity contribution in [2.45, 2.75) is 18.9 Å². The van der Waals surface area contributed by atoms with E-state index in [1.807, 2.05) is 0 Å². The van der Waals surface area contributed by atoms with Crippen LogP contribution in [0.1, 0.15) is 18.9 Å². The Morgan fingerprint density at radius 1 is 1.57 bits per heavy atom. The standard InChI is InChI=1S/C8H13BN2O3/c12-9(13)7-4-10-11(5-7)8-2-1-3-14-6-8/h4-5,8,12-13H,1-3,6H2. The molecule has 6 heteroatoms. The van der Waals surface area contributed by atoms with Crippen molar-refractivity contribution in [2.24, 2.45) is 0 Å². The Morgan fingerprint density at radius 3 is 3.00 bits per heavy atom. The van der Waals surface area contributed by atoms with Gasteiger partial charge in [0.25, 0.3) is 0 Å². The lowest BCUT2D eigenvalue weighted by molar-refractivity contribution is 0.0549. The minimum atomic E-state index is -1.44. The average molecular weight is 196 g/mol. The summed E-state index contributed by atoms with van der Waals surface area (Å²) in [6.45, 7) is 1.47. The molecule has 0 saturated carbocycles. The van der Waals surface area contributed by atoms with Gasteiger partial charge in [0, 0.05) is 24.5 Å². The molecule has 0 radical (unpaired) electrons. The molecular weight excluding hydrogens is 183 g/mol. The molecule has 1 aromatic rings. The van der Waals surface area contributed by atoms with Gasteiger partial charge in [0.1, 0.15) is 0 Å². The lowest BCUT2D eigenvalue weighted by atomic mass is 9.83. The van der Waals surface area contributed by atoms with Crippen molar-refractivity contribution in [3.05, 3.63) is 12.4 Å². The van der Waals surface area contributed by atoms with E-state index < -0.39 is 7.12 Å². The zero-order valence-electron chi connectivity index (χ0n) is 7.83. The average Bonchev–Trinajstić information content (AvgIpc) is 2.68. The molecule has 0 amide bonds.